The van der Waals surface area contributed by atoms with Crippen LogP contribution in [0.15, 0.2) is 65.7 Å². The molecule has 0 heterocycles. The van der Waals surface area contributed by atoms with Crippen LogP contribution in [0.5, 0.6) is 5.75 Å². The van der Waals surface area contributed by atoms with Crippen molar-refractivity contribution in [2.45, 2.75) is 0 Å². The van der Waals surface area contributed by atoms with Gasteiger partial charge in [0.25, 0.3) is 0 Å². The van der Waals surface area contributed by atoms with E-state index < -0.39 is 0 Å². The topological polar surface area (TPSA) is 38.7 Å². The maximum atomic E-state index is 10.4. The summed E-state index contributed by atoms with van der Waals surface area (Å²) < 4.78 is 5.23. The molecule has 0 saturated carbocycles. The number of aliphatic imine (C=N–C) groups is 1. The van der Waals surface area contributed by atoms with E-state index in [1.54, 1.807) is 19.3 Å². The molecule has 0 bridgehead atoms. The number of rotatable bonds is 3. The van der Waals surface area contributed by atoms with E-state index in [4.69, 9.17) is 4.74 Å². The summed E-state index contributed by atoms with van der Waals surface area (Å²) in [5.74, 6) is 0.845. The van der Waals surface area contributed by atoms with Gasteiger partial charge in [0.05, 0.1) is 12.8 Å². The van der Waals surface area contributed by atoms with Crippen molar-refractivity contribution in [3.05, 3.63) is 60.7 Å². The zero-order chi connectivity index (χ0) is 14.7. The van der Waals surface area contributed by atoms with Crippen LogP contribution in [-0.2, 0) is 4.79 Å². The van der Waals surface area contributed by atoms with E-state index in [0.29, 0.717) is 5.69 Å². The molecule has 21 heavy (non-hydrogen) atoms. The molecule has 102 valence electrons. The van der Waals surface area contributed by atoms with Crippen molar-refractivity contribution in [1.82, 2.24) is 0 Å². The van der Waals surface area contributed by atoms with Gasteiger partial charge in [0, 0.05) is 0 Å². The molecule has 0 radical (unpaired) electrons. The first-order valence-corrected chi connectivity index (χ1v) is 6.56. The molecule has 0 atom stereocenters. The molecule has 0 aliphatic heterocycles. The number of methoxy groups -OCH3 is 1. The van der Waals surface area contributed by atoms with Gasteiger partial charge in [-0.1, -0.05) is 30.3 Å². The van der Waals surface area contributed by atoms with Gasteiger partial charge in [0.15, 0.2) is 0 Å². The third kappa shape index (κ3) is 2.69. The summed E-state index contributed by atoms with van der Waals surface area (Å²) in [4.78, 5) is 14.0. The molecule has 3 aromatic rings. The van der Waals surface area contributed by atoms with Crippen LogP contribution in [-0.4, -0.2) is 13.2 Å². The summed E-state index contributed by atoms with van der Waals surface area (Å²) in [6.45, 7) is 0. The fourth-order valence-electron chi connectivity index (χ4n) is 2.34. The Morgan fingerprint density at radius 1 is 0.905 bits per heavy atom. The third-order valence-electron chi connectivity index (χ3n) is 3.40. The molecule has 0 N–H and O–H groups in total. The van der Waals surface area contributed by atoms with Gasteiger partial charge in [-0.3, -0.25) is 0 Å². The van der Waals surface area contributed by atoms with Gasteiger partial charge in [-0.25, -0.2) is 4.79 Å². The number of hydrogen-bond acceptors (Lipinski definition) is 3. The number of ether oxygens (including phenoxy) is 1. The highest BCUT2D eigenvalue weighted by molar-refractivity contribution is 5.88. The average Bonchev–Trinajstić information content (AvgIpc) is 2.54. The minimum absolute atomic E-state index is 0.609. The number of benzene rings is 3. The van der Waals surface area contributed by atoms with Crippen LogP contribution >= 0.6 is 0 Å². The minimum atomic E-state index is 0.609. The van der Waals surface area contributed by atoms with Crippen molar-refractivity contribution in [2.24, 2.45) is 4.99 Å². The second kappa shape index (κ2) is 5.61. The quantitative estimate of drug-likeness (QED) is 0.522. The van der Waals surface area contributed by atoms with E-state index in [2.05, 4.69) is 17.1 Å². The predicted octanol–water partition coefficient (Wildman–Crippen LogP) is 4.48. The number of carbonyl (C=O) groups excluding carboxylic acids is 1. The largest absolute Gasteiger partial charge is 0.497 e. The summed E-state index contributed by atoms with van der Waals surface area (Å²) in [6.07, 6.45) is 1.57. The average molecular weight is 275 g/mol. The SMILES string of the molecule is COc1ccc2cc(-c3cccc(N=C=O)c3)ccc2c1. The van der Waals surface area contributed by atoms with Gasteiger partial charge < -0.3 is 4.74 Å². The van der Waals surface area contributed by atoms with Crippen LogP contribution < -0.4 is 4.74 Å². The van der Waals surface area contributed by atoms with Crippen molar-refractivity contribution in [1.29, 1.82) is 0 Å². The van der Waals surface area contributed by atoms with E-state index in [9.17, 15) is 4.79 Å². The summed E-state index contributed by atoms with van der Waals surface area (Å²) in [5, 5.41) is 2.26. The standard InChI is InChI=1S/C18H13NO2/c1-21-18-8-7-15-9-14(5-6-16(15)11-18)13-3-2-4-17(10-13)19-12-20/h2-11H,1H3. The Hall–Kier alpha value is -2.90. The first-order valence-electron chi connectivity index (χ1n) is 6.56. The lowest BCUT2D eigenvalue weighted by atomic mass is 10.0. The number of nitrogens with zero attached hydrogens (tertiary/aromatic N) is 1. The van der Waals surface area contributed by atoms with Crippen LogP contribution in [0.1, 0.15) is 0 Å². The molecule has 0 aromatic heterocycles. The molecule has 3 aromatic carbocycles. The van der Waals surface area contributed by atoms with Crippen LogP contribution in [0, 0.1) is 0 Å². The summed E-state index contributed by atoms with van der Waals surface area (Å²) in [5.41, 5.74) is 2.71. The smallest absolute Gasteiger partial charge is 0.240 e. The summed E-state index contributed by atoms with van der Waals surface area (Å²) >= 11 is 0. The summed E-state index contributed by atoms with van der Waals surface area (Å²) in [6, 6.07) is 19.7. The minimum Gasteiger partial charge on any atom is -0.497 e. The lowest BCUT2D eigenvalue weighted by Crippen LogP contribution is -1.83. The normalized spacial score (nSPS) is 10.1. The maximum Gasteiger partial charge on any atom is 0.240 e. The highest BCUT2D eigenvalue weighted by Crippen LogP contribution is 2.28. The molecule has 3 rings (SSSR count). The maximum absolute atomic E-state index is 10.4. The van der Waals surface area contributed by atoms with E-state index in [1.165, 1.54) is 0 Å². The van der Waals surface area contributed by atoms with Crippen LogP contribution in [0.2, 0.25) is 0 Å². The monoisotopic (exact) mass is 275 g/mol. The Kier molecular flexibility index (Phi) is 3.50. The van der Waals surface area contributed by atoms with Gasteiger partial charge >= 0.3 is 0 Å². The van der Waals surface area contributed by atoms with Gasteiger partial charge in [-0.15, -0.1) is 0 Å². The predicted molar refractivity (Wildman–Crippen MR) is 83.7 cm³/mol. The fraction of sp³-hybridized carbons (Fsp3) is 0.0556. The number of isocyanates is 1. The summed E-state index contributed by atoms with van der Waals surface area (Å²) in [7, 11) is 1.66. The third-order valence-corrected chi connectivity index (χ3v) is 3.40. The van der Waals surface area contributed by atoms with Gasteiger partial charge in [-0.05, 0) is 52.2 Å². The highest BCUT2D eigenvalue weighted by atomic mass is 16.5. The van der Waals surface area contributed by atoms with E-state index >= 15 is 0 Å². The molecular weight excluding hydrogens is 262 g/mol. The molecule has 0 saturated heterocycles. The fourth-order valence-corrected chi connectivity index (χ4v) is 2.34. The Bertz CT molecular complexity index is 849. The van der Waals surface area contributed by atoms with Crippen molar-refractivity contribution in [2.75, 3.05) is 7.11 Å². The van der Waals surface area contributed by atoms with Crippen molar-refractivity contribution in [3.63, 3.8) is 0 Å². The molecule has 0 fully saturated rings. The van der Waals surface area contributed by atoms with Crippen molar-refractivity contribution in [3.8, 4) is 16.9 Å². The van der Waals surface area contributed by atoms with Crippen molar-refractivity contribution < 1.29 is 9.53 Å². The van der Waals surface area contributed by atoms with E-state index in [1.807, 2.05) is 42.5 Å². The second-order valence-corrected chi connectivity index (χ2v) is 4.68. The van der Waals surface area contributed by atoms with Crippen LogP contribution in [0.25, 0.3) is 21.9 Å². The highest BCUT2D eigenvalue weighted by Gasteiger charge is 2.02. The first kappa shape index (κ1) is 13.1. The van der Waals surface area contributed by atoms with E-state index in [0.717, 1.165) is 27.6 Å². The Balaban J connectivity index is 2.08. The molecule has 0 unspecified atom stereocenters. The molecule has 0 spiro atoms. The molecule has 0 aliphatic rings. The van der Waals surface area contributed by atoms with Gasteiger partial charge in [0.1, 0.15) is 5.75 Å². The van der Waals surface area contributed by atoms with Crippen LogP contribution in [0.4, 0.5) is 5.69 Å². The van der Waals surface area contributed by atoms with E-state index in [-0.39, 0.29) is 0 Å². The lowest BCUT2D eigenvalue weighted by molar-refractivity contribution is 0.415. The van der Waals surface area contributed by atoms with Gasteiger partial charge in [-0.2, -0.15) is 4.99 Å². The van der Waals surface area contributed by atoms with Crippen molar-refractivity contribution >= 4 is 22.5 Å². The first-order chi connectivity index (χ1) is 10.3. The zero-order valence-electron chi connectivity index (χ0n) is 11.5. The Morgan fingerprint density at radius 3 is 2.48 bits per heavy atom. The number of fused-ring (bicyclic) bond motifs is 1. The Labute approximate surface area is 122 Å². The second-order valence-electron chi connectivity index (χ2n) is 4.68. The molecule has 0 aliphatic carbocycles. The van der Waals surface area contributed by atoms with Gasteiger partial charge in [0.2, 0.25) is 6.08 Å². The molecular formula is C18H13NO2. The molecule has 0 amide bonds. The van der Waals surface area contributed by atoms with Crippen LogP contribution in [0.3, 0.4) is 0 Å². The molecule has 3 heteroatoms. The number of hydrogen-bond donors (Lipinski definition) is 0. The zero-order valence-corrected chi connectivity index (χ0v) is 11.5. The Morgan fingerprint density at radius 2 is 1.67 bits per heavy atom. The molecule has 3 nitrogen and oxygen atoms in total. The lowest BCUT2D eigenvalue weighted by Gasteiger charge is -2.06.